The molecule has 8 heteroatoms. The van der Waals surface area contributed by atoms with Crippen molar-refractivity contribution in [3.8, 4) is 0 Å². The minimum absolute atomic E-state index is 0.0977. The lowest BCUT2D eigenvalue weighted by Crippen LogP contribution is -2.46. The van der Waals surface area contributed by atoms with Gasteiger partial charge >= 0.3 is 5.00 Å². The van der Waals surface area contributed by atoms with E-state index >= 15 is 0 Å². The summed E-state index contributed by atoms with van der Waals surface area (Å²) in [7, 11) is 0. The third-order valence-electron chi connectivity index (χ3n) is 3.21. The molecule has 2 N–H and O–H groups in total. The number of hydrogen-bond acceptors (Lipinski definition) is 5. The molecule has 0 fully saturated rings. The summed E-state index contributed by atoms with van der Waals surface area (Å²) in [4.78, 5) is 22.4. The molecule has 1 unspecified atom stereocenters. The van der Waals surface area contributed by atoms with E-state index in [1.165, 1.54) is 11.4 Å². The number of carbonyl (C=O) groups is 1. The van der Waals surface area contributed by atoms with E-state index in [9.17, 15) is 20.0 Å². The van der Waals surface area contributed by atoms with E-state index in [2.05, 4.69) is 21.2 Å². The van der Waals surface area contributed by atoms with Crippen LogP contribution in [-0.2, 0) is 5.54 Å². The van der Waals surface area contributed by atoms with Crippen molar-refractivity contribution in [2.24, 2.45) is 0 Å². The van der Waals surface area contributed by atoms with Gasteiger partial charge in [0.15, 0.2) is 0 Å². The van der Waals surface area contributed by atoms with Crippen LogP contribution in [0.15, 0.2) is 40.2 Å². The fourth-order valence-electron chi connectivity index (χ4n) is 1.88. The van der Waals surface area contributed by atoms with Crippen molar-refractivity contribution in [1.29, 1.82) is 0 Å². The summed E-state index contributed by atoms with van der Waals surface area (Å²) in [5.74, 6) is -0.469. The van der Waals surface area contributed by atoms with Crippen LogP contribution in [0.5, 0.6) is 0 Å². The minimum Gasteiger partial charge on any atom is -0.394 e. The SMILES string of the molecule is CC(CO)(NC(=O)c1csc([N+](=O)[O-])c1)c1ccc(Br)cc1. The Morgan fingerprint density at radius 3 is 2.59 bits per heavy atom. The molecule has 1 aromatic heterocycles. The molecule has 0 spiro atoms. The van der Waals surface area contributed by atoms with E-state index in [1.54, 1.807) is 19.1 Å². The Morgan fingerprint density at radius 1 is 1.45 bits per heavy atom. The second kappa shape index (κ2) is 6.55. The summed E-state index contributed by atoms with van der Waals surface area (Å²) >= 11 is 4.21. The Balaban J connectivity index is 2.22. The van der Waals surface area contributed by atoms with Gasteiger partial charge in [-0.05, 0) is 24.6 Å². The topological polar surface area (TPSA) is 92.5 Å². The third kappa shape index (κ3) is 3.52. The molecule has 1 aromatic carbocycles. The molecule has 0 aliphatic rings. The van der Waals surface area contributed by atoms with Crippen molar-refractivity contribution in [3.63, 3.8) is 0 Å². The largest absolute Gasteiger partial charge is 0.394 e. The van der Waals surface area contributed by atoms with Gasteiger partial charge < -0.3 is 10.4 Å². The van der Waals surface area contributed by atoms with Gasteiger partial charge in [-0.3, -0.25) is 14.9 Å². The molecule has 0 aliphatic carbocycles. The number of hydrogen-bond donors (Lipinski definition) is 2. The summed E-state index contributed by atoms with van der Waals surface area (Å²) in [6, 6.07) is 8.42. The Bertz CT molecular complexity index is 701. The number of halogens is 1. The van der Waals surface area contributed by atoms with Crippen molar-refractivity contribution >= 4 is 38.2 Å². The number of nitrogens with zero attached hydrogens (tertiary/aromatic N) is 1. The first-order chi connectivity index (χ1) is 10.4. The van der Waals surface area contributed by atoms with Crippen LogP contribution in [0, 0.1) is 10.1 Å². The lowest BCUT2D eigenvalue weighted by Gasteiger charge is -2.29. The Morgan fingerprint density at radius 2 is 2.09 bits per heavy atom. The highest BCUT2D eigenvalue weighted by Crippen LogP contribution is 2.26. The number of nitro groups is 1. The average Bonchev–Trinajstić information content (AvgIpc) is 2.98. The second-order valence-corrected chi connectivity index (χ2v) is 6.69. The van der Waals surface area contributed by atoms with Crippen LogP contribution in [0.1, 0.15) is 22.8 Å². The fourth-order valence-corrected chi connectivity index (χ4v) is 2.85. The average molecular weight is 385 g/mol. The molecule has 2 aromatic rings. The molecule has 1 amide bonds. The number of carbonyl (C=O) groups excluding carboxylic acids is 1. The molecule has 1 atom stereocenters. The zero-order valence-corrected chi connectivity index (χ0v) is 14.0. The first-order valence-electron chi connectivity index (χ1n) is 6.28. The number of thiophene rings is 1. The van der Waals surface area contributed by atoms with Crippen LogP contribution in [0.2, 0.25) is 0 Å². The number of rotatable bonds is 5. The molecule has 22 heavy (non-hydrogen) atoms. The first-order valence-corrected chi connectivity index (χ1v) is 7.95. The minimum atomic E-state index is -0.978. The Hall–Kier alpha value is -1.77. The highest BCUT2D eigenvalue weighted by molar-refractivity contribution is 9.10. The number of aliphatic hydroxyl groups excluding tert-OH is 1. The quantitative estimate of drug-likeness (QED) is 0.611. The number of amides is 1. The van der Waals surface area contributed by atoms with Gasteiger partial charge in [0.2, 0.25) is 0 Å². The summed E-state index contributed by atoms with van der Waals surface area (Å²) in [6.07, 6.45) is 0. The molecule has 0 saturated carbocycles. The van der Waals surface area contributed by atoms with Gasteiger partial charge in [0, 0.05) is 15.9 Å². The van der Waals surface area contributed by atoms with E-state index in [-0.39, 0.29) is 17.2 Å². The van der Waals surface area contributed by atoms with Gasteiger partial charge in [0.25, 0.3) is 5.91 Å². The van der Waals surface area contributed by atoms with Crippen molar-refractivity contribution in [2.45, 2.75) is 12.5 Å². The van der Waals surface area contributed by atoms with Crippen LogP contribution in [0.25, 0.3) is 0 Å². The molecule has 0 radical (unpaired) electrons. The molecular weight excluding hydrogens is 372 g/mol. The van der Waals surface area contributed by atoms with Crippen LogP contribution < -0.4 is 5.32 Å². The first kappa shape index (κ1) is 16.6. The predicted octanol–water partition coefficient (Wildman–Crippen LogP) is 3.06. The molecule has 2 rings (SSSR count). The maximum absolute atomic E-state index is 12.2. The predicted molar refractivity (Wildman–Crippen MR) is 87.0 cm³/mol. The number of benzene rings is 1. The van der Waals surface area contributed by atoms with E-state index in [1.807, 2.05) is 12.1 Å². The van der Waals surface area contributed by atoms with Crippen LogP contribution in [0.3, 0.4) is 0 Å². The molecule has 1 heterocycles. The van der Waals surface area contributed by atoms with Gasteiger partial charge in [-0.15, -0.1) is 0 Å². The summed E-state index contributed by atoms with van der Waals surface area (Å²) in [5.41, 5.74) is -0.0427. The van der Waals surface area contributed by atoms with Crippen LogP contribution in [-0.4, -0.2) is 22.5 Å². The van der Waals surface area contributed by atoms with Crippen molar-refractivity contribution in [2.75, 3.05) is 6.61 Å². The van der Waals surface area contributed by atoms with Crippen LogP contribution in [0.4, 0.5) is 5.00 Å². The smallest absolute Gasteiger partial charge is 0.324 e. The lowest BCUT2D eigenvalue weighted by atomic mass is 9.92. The van der Waals surface area contributed by atoms with Crippen LogP contribution >= 0.6 is 27.3 Å². The zero-order chi connectivity index (χ0) is 16.3. The number of aliphatic hydroxyl groups is 1. The standard InChI is InChI=1S/C14H13BrN2O4S/c1-14(8-18,10-2-4-11(15)5-3-10)16-13(19)9-6-12(17(20)21)22-7-9/h2-7,18H,8H2,1H3,(H,16,19). The van der Waals surface area contributed by atoms with E-state index in [0.717, 1.165) is 21.4 Å². The maximum Gasteiger partial charge on any atom is 0.324 e. The second-order valence-electron chi connectivity index (χ2n) is 4.88. The number of nitrogens with one attached hydrogen (secondary N) is 1. The van der Waals surface area contributed by atoms with Gasteiger partial charge in [-0.25, -0.2) is 0 Å². The molecule has 0 aliphatic heterocycles. The van der Waals surface area contributed by atoms with Gasteiger partial charge in [-0.2, -0.15) is 0 Å². The molecule has 6 nitrogen and oxygen atoms in total. The molecule has 0 bridgehead atoms. The zero-order valence-electron chi connectivity index (χ0n) is 11.6. The third-order valence-corrected chi connectivity index (χ3v) is 4.62. The highest BCUT2D eigenvalue weighted by atomic mass is 79.9. The summed E-state index contributed by atoms with van der Waals surface area (Å²) < 4.78 is 0.885. The van der Waals surface area contributed by atoms with Crippen molar-refractivity contribution in [1.82, 2.24) is 5.32 Å². The molecule has 116 valence electrons. The monoisotopic (exact) mass is 384 g/mol. The van der Waals surface area contributed by atoms with E-state index in [4.69, 9.17) is 0 Å². The molecular formula is C14H13BrN2O4S. The Labute approximate surface area is 139 Å². The summed E-state index contributed by atoms with van der Waals surface area (Å²) in [6.45, 7) is 1.39. The normalized spacial score (nSPS) is 13.4. The Kier molecular flexibility index (Phi) is 4.94. The van der Waals surface area contributed by atoms with E-state index < -0.39 is 16.4 Å². The highest BCUT2D eigenvalue weighted by Gasteiger charge is 2.29. The fraction of sp³-hybridized carbons (Fsp3) is 0.214. The lowest BCUT2D eigenvalue weighted by molar-refractivity contribution is -0.380. The van der Waals surface area contributed by atoms with E-state index in [0.29, 0.717) is 0 Å². The van der Waals surface area contributed by atoms with Gasteiger partial charge in [-0.1, -0.05) is 39.4 Å². The summed E-state index contributed by atoms with van der Waals surface area (Å²) in [5, 5.41) is 24.4. The maximum atomic E-state index is 12.2. The van der Waals surface area contributed by atoms with Crippen molar-refractivity contribution < 1.29 is 14.8 Å². The molecule has 0 saturated heterocycles. The van der Waals surface area contributed by atoms with Gasteiger partial charge in [0.05, 0.1) is 22.6 Å². The van der Waals surface area contributed by atoms with Crippen molar-refractivity contribution in [3.05, 3.63) is 61.4 Å². The van der Waals surface area contributed by atoms with Gasteiger partial charge in [0.1, 0.15) is 0 Å².